The number of imidazole rings is 1. The van der Waals surface area contributed by atoms with Crippen LogP contribution in [0.3, 0.4) is 0 Å². The standard InChI is InChI=1S/C22H23N3O/c1-17(2)22(25-15-14-23-16-25)19-9-11-20(12-10-19)24-21(26)13-8-18-6-4-3-5-7-18/h3-17,22H,1-2H3,(H,24,26)/b13-8-. The molecule has 4 heteroatoms. The van der Waals surface area contributed by atoms with Crippen molar-refractivity contribution in [3.8, 4) is 0 Å². The van der Waals surface area contributed by atoms with Crippen molar-refractivity contribution >= 4 is 17.7 Å². The lowest BCUT2D eigenvalue weighted by Crippen LogP contribution is -2.15. The van der Waals surface area contributed by atoms with Crippen LogP contribution < -0.4 is 5.32 Å². The third-order valence-electron chi connectivity index (χ3n) is 4.22. The molecule has 0 saturated carbocycles. The SMILES string of the molecule is CC(C)C(c1ccc(NC(=O)/C=C\c2ccccc2)cc1)n1ccnc1. The van der Waals surface area contributed by atoms with Gasteiger partial charge in [-0.05, 0) is 35.3 Å². The first-order chi connectivity index (χ1) is 12.6. The molecule has 0 saturated heterocycles. The number of nitrogens with zero attached hydrogens (tertiary/aromatic N) is 2. The first-order valence-electron chi connectivity index (χ1n) is 8.75. The number of benzene rings is 2. The predicted octanol–water partition coefficient (Wildman–Crippen LogP) is 4.78. The number of nitrogens with one attached hydrogen (secondary N) is 1. The molecular weight excluding hydrogens is 322 g/mol. The summed E-state index contributed by atoms with van der Waals surface area (Å²) in [4.78, 5) is 16.2. The molecule has 0 bridgehead atoms. The molecule has 0 radical (unpaired) electrons. The van der Waals surface area contributed by atoms with Crippen molar-refractivity contribution in [1.82, 2.24) is 9.55 Å². The Labute approximate surface area is 154 Å². The average molecular weight is 345 g/mol. The van der Waals surface area contributed by atoms with Gasteiger partial charge in [-0.1, -0.05) is 56.3 Å². The van der Waals surface area contributed by atoms with Crippen LogP contribution >= 0.6 is 0 Å². The minimum absolute atomic E-state index is 0.142. The van der Waals surface area contributed by atoms with Gasteiger partial charge in [0.25, 0.3) is 0 Å². The normalized spacial score (nSPS) is 12.4. The summed E-state index contributed by atoms with van der Waals surface area (Å²) in [6, 6.07) is 18.0. The minimum atomic E-state index is -0.142. The minimum Gasteiger partial charge on any atom is -0.330 e. The molecule has 1 unspecified atom stereocenters. The molecule has 0 aliphatic carbocycles. The first kappa shape index (κ1) is 17.7. The second-order valence-electron chi connectivity index (χ2n) is 6.55. The van der Waals surface area contributed by atoms with E-state index in [0.717, 1.165) is 11.3 Å². The number of carbonyl (C=O) groups excluding carboxylic acids is 1. The van der Waals surface area contributed by atoms with Crippen molar-refractivity contribution in [2.75, 3.05) is 5.32 Å². The summed E-state index contributed by atoms with van der Waals surface area (Å²) >= 11 is 0. The molecule has 3 rings (SSSR count). The Bertz CT molecular complexity index is 850. The van der Waals surface area contributed by atoms with E-state index in [1.807, 2.05) is 55.0 Å². The molecular formula is C22H23N3O. The molecule has 1 amide bonds. The highest BCUT2D eigenvalue weighted by atomic mass is 16.1. The average Bonchev–Trinajstić information content (AvgIpc) is 3.16. The second-order valence-corrected chi connectivity index (χ2v) is 6.55. The van der Waals surface area contributed by atoms with Gasteiger partial charge in [-0.2, -0.15) is 0 Å². The van der Waals surface area contributed by atoms with E-state index >= 15 is 0 Å². The maximum atomic E-state index is 12.1. The lowest BCUT2D eigenvalue weighted by molar-refractivity contribution is -0.111. The fraction of sp³-hybridized carbons (Fsp3) is 0.182. The van der Waals surface area contributed by atoms with Gasteiger partial charge in [0.1, 0.15) is 0 Å². The van der Waals surface area contributed by atoms with Crippen LogP contribution in [-0.4, -0.2) is 15.5 Å². The van der Waals surface area contributed by atoms with Crippen molar-refractivity contribution in [2.24, 2.45) is 5.92 Å². The lowest BCUT2D eigenvalue weighted by Gasteiger charge is -2.23. The molecule has 3 aromatic rings. The molecule has 132 valence electrons. The van der Waals surface area contributed by atoms with Crippen LogP contribution in [-0.2, 0) is 4.79 Å². The number of rotatable bonds is 6. The number of hydrogen-bond donors (Lipinski definition) is 1. The van der Waals surface area contributed by atoms with Crippen molar-refractivity contribution in [2.45, 2.75) is 19.9 Å². The molecule has 1 N–H and O–H groups in total. The van der Waals surface area contributed by atoms with Crippen LogP contribution in [0.25, 0.3) is 6.08 Å². The highest BCUT2D eigenvalue weighted by molar-refractivity contribution is 6.01. The van der Waals surface area contributed by atoms with E-state index in [4.69, 9.17) is 0 Å². The monoisotopic (exact) mass is 345 g/mol. The number of carbonyl (C=O) groups is 1. The van der Waals surface area contributed by atoms with Gasteiger partial charge < -0.3 is 9.88 Å². The van der Waals surface area contributed by atoms with Gasteiger partial charge in [0.05, 0.1) is 12.4 Å². The quantitative estimate of drug-likeness (QED) is 0.654. The molecule has 4 nitrogen and oxygen atoms in total. The summed E-state index contributed by atoms with van der Waals surface area (Å²) in [5, 5.41) is 2.90. The van der Waals surface area contributed by atoms with E-state index in [9.17, 15) is 4.79 Å². The van der Waals surface area contributed by atoms with Gasteiger partial charge in [0.15, 0.2) is 0 Å². The highest BCUT2D eigenvalue weighted by Gasteiger charge is 2.17. The Morgan fingerprint density at radius 2 is 1.81 bits per heavy atom. The van der Waals surface area contributed by atoms with Gasteiger partial charge in [0, 0.05) is 24.2 Å². The third kappa shape index (κ3) is 4.48. The highest BCUT2D eigenvalue weighted by Crippen LogP contribution is 2.27. The van der Waals surface area contributed by atoms with Crippen molar-refractivity contribution in [3.63, 3.8) is 0 Å². The number of aromatic nitrogens is 2. The summed E-state index contributed by atoms with van der Waals surface area (Å²) in [6.07, 6.45) is 8.97. The third-order valence-corrected chi connectivity index (χ3v) is 4.22. The molecule has 1 atom stereocenters. The molecule has 0 aliphatic rings. The zero-order valence-corrected chi connectivity index (χ0v) is 15.0. The van der Waals surface area contributed by atoms with Crippen molar-refractivity contribution < 1.29 is 4.79 Å². The van der Waals surface area contributed by atoms with E-state index < -0.39 is 0 Å². The first-order valence-corrected chi connectivity index (χ1v) is 8.75. The number of anilines is 1. The maximum absolute atomic E-state index is 12.1. The fourth-order valence-corrected chi connectivity index (χ4v) is 3.02. The molecule has 0 aliphatic heterocycles. The smallest absolute Gasteiger partial charge is 0.248 e. The van der Waals surface area contributed by atoms with Gasteiger partial charge >= 0.3 is 0 Å². The largest absolute Gasteiger partial charge is 0.330 e. The van der Waals surface area contributed by atoms with Crippen LogP contribution in [0.5, 0.6) is 0 Å². The number of amides is 1. The summed E-state index contributed by atoms with van der Waals surface area (Å²) in [5.74, 6) is 0.287. The van der Waals surface area contributed by atoms with E-state index in [-0.39, 0.29) is 11.9 Å². The van der Waals surface area contributed by atoms with Crippen LogP contribution in [0.4, 0.5) is 5.69 Å². The Morgan fingerprint density at radius 1 is 1.08 bits per heavy atom. The summed E-state index contributed by atoms with van der Waals surface area (Å²) in [7, 11) is 0. The van der Waals surface area contributed by atoms with Crippen molar-refractivity contribution in [1.29, 1.82) is 0 Å². The van der Waals surface area contributed by atoms with Crippen LogP contribution in [0.2, 0.25) is 0 Å². The number of hydrogen-bond acceptors (Lipinski definition) is 2. The molecule has 1 heterocycles. The molecule has 0 spiro atoms. The molecule has 0 fully saturated rings. The van der Waals surface area contributed by atoms with Gasteiger partial charge in [-0.15, -0.1) is 0 Å². The Kier molecular flexibility index (Phi) is 5.64. The molecule has 26 heavy (non-hydrogen) atoms. The molecule has 1 aromatic heterocycles. The summed E-state index contributed by atoms with van der Waals surface area (Å²) < 4.78 is 2.11. The van der Waals surface area contributed by atoms with Crippen LogP contribution in [0, 0.1) is 5.92 Å². The van der Waals surface area contributed by atoms with E-state index in [1.54, 1.807) is 18.3 Å². The predicted molar refractivity (Wildman–Crippen MR) is 106 cm³/mol. The lowest BCUT2D eigenvalue weighted by atomic mass is 9.95. The Balaban J connectivity index is 1.67. The van der Waals surface area contributed by atoms with E-state index in [0.29, 0.717) is 5.92 Å². The zero-order chi connectivity index (χ0) is 18.4. The fourth-order valence-electron chi connectivity index (χ4n) is 3.02. The second kappa shape index (κ2) is 8.30. The summed E-state index contributed by atoms with van der Waals surface area (Å²) in [6.45, 7) is 4.38. The van der Waals surface area contributed by atoms with Gasteiger partial charge in [-0.25, -0.2) is 4.98 Å². The Hall–Kier alpha value is -3.14. The molecule has 2 aromatic carbocycles. The topological polar surface area (TPSA) is 46.9 Å². The van der Waals surface area contributed by atoms with E-state index in [1.165, 1.54) is 5.56 Å². The summed E-state index contributed by atoms with van der Waals surface area (Å²) in [5.41, 5.74) is 2.97. The van der Waals surface area contributed by atoms with Gasteiger partial charge in [0.2, 0.25) is 5.91 Å². The zero-order valence-electron chi connectivity index (χ0n) is 15.0. The van der Waals surface area contributed by atoms with Crippen molar-refractivity contribution in [3.05, 3.63) is 90.5 Å². The Morgan fingerprint density at radius 3 is 2.42 bits per heavy atom. The van der Waals surface area contributed by atoms with E-state index in [2.05, 4.69) is 40.8 Å². The maximum Gasteiger partial charge on any atom is 0.248 e. The van der Waals surface area contributed by atoms with Gasteiger partial charge in [-0.3, -0.25) is 4.79 Å². The van der Waals surface area contributed by atoms with Crippen LogP contribution in [0.15, 0.2) is 79.4 Å². The van der Waals surface area contributed by atoms with Crippen LogP contribution in [0.1, 0.15) is 31.0 Å².